The Kier molecular flexibility index (Phi) is 4.05. The van der Waals surface area contributed by atoms with Crippen molar-refractivity contribution in [1.82, 2.24) is 5.43 Å². The first kappa shape index (κ1) is 12.2. The van der Waals surface area contributed by atoms with Gasteiger partial charge in [0.05, 0.1) is 5.69 Å². The second kappa shape index (κ2) is 5.30. The van der Waals surface area contributed by atoms with E-state index in [2.05, 4.69) is 10.9 Å². The van der Waals surface area contributed by atoms with Gasteiger partial charge in [-0.25, -0.2) is 4.39 Å². The number of rotatable bonds is 4. The molecule has 0 bridgehead atoms. The van der Waals surface area contributed by atoms with Crippen molar-refractivity contribution in [3.05, 3.63) is 41.4 Å². The molecule has 0 unspecified atom stereocenters. The van der Waals surface area contributed by atoms with Gasteiger partial charge in [-0.1, -0.05) is 0 Å². The Bertz CT molecular complexity index is 407. The molecular weight excluding hydrogens is 205 g/mol. The lowest BCUT2D eigenvalue weighted by Gasteiger charge is -2.12. The summed E-state index contributed by atoms with van der Waals surface area (Å²) in [4.78, 5) is 0. The molecule has 4 heteroatoms. The van der Waals surface area contributed by atoms with Crippen LogP contribution in [-0.2, 0) is 0 Å². The molecule has 0 aliphatic carbocycles. The van der Waals surface area contributed by atoms with Crippen molar-refractivity contribution >= 4 is 11.4 Å². The van der Waals surface area contributed by atoms with Crippen LogP contribution in [0.3, 0.4) is 0 Å². The van der Waals surface area contributed by atoms with Crippen molar-refractivity contribution in [2.45, 2.75) is 20.8 Å². The van der Waals surface area contributed by atoms with Crippen LogP contribution in [0.2, 0.25) is 0 Å². The fourth-order valence-corrected chi connectivity index (χ4v) is 1.07. The van der Waals surface area contributed by atoms with Gasteiger partial charge in [0, 0.05) is 11.4 Å². The van der Waals surface area contributed by atoms with Crippen LogP contribution in [0.25, 0.3) is 0 Å². The third-order valence-corrected chi connectivity index (χ3v) is 2.36. The Hall–Kier alpha value is -1.84. The fraction of sp³-hybridized carbons (Fsp3) is 0.250. The molecule has 0 fully saturated rings. The van der Waals surface area contributed by atoms with Gasteiger partial charge in [-0.15, -0.1) is 0 Å². The summed E-state index contributed by atoms with van der Waals surface area (Å²) in [5, 5.41) is 7.47. The van der Waals surface area contributed by atoms with E-state index >= 15 is 0 Å². The summed E-state index contributed by atoms with van der Waals surface area (Å²) in [6.07, 6.45) is 0. The lowest BCUT2D eigenvalue weighted by atomic mass is 10.2. The number of allylic oxidation sites excluding steroid dienone is 2. The maximum Gasteiger partial charge on any atom is 0.123 e. The average Bonchev–Trinajstić information content (AvgIpc) is 2.26. The molecule has 0 saturated heterocycles. The zero-order valence-corrected chi connectivity index (χ0v) is 9.69. The van der Waals surface area contributed by atoms with Gasteiger partial charge >= 0.3 is 0 Å². The number of nitrogens with one attached hydrogen (secondary N) is 3. The summed E-state index contributed by atoms with van der Waals surface area (Å²) in [6, 6.07) is 6.06. The van der Waals surface area contributed by atoms with E-state index in [4.69, 9.17) is 5.41 Å². The average molecular weight is 221 g/mol. The predicted octanol–water partition coefficient (Wildman–Crippen LogP) is 3.08. The maximum atomic E-state index is 12.6. The van der Waals surface area contributed by atoms with Gasteiger partial charge in [0.25, 0.3) is 0 Å². The highest BCUT2D eigenvalue weighted by atomic mass is 19.1. The van der Waals surface area contributed by atoms with Gasteiger partial charge in [0.2, 0.25) is 0 Å². The molecular formula is C12H16FN3. The summed E-state index contributed by atoms with van der Waals surface area (Å²) in [5.74, 6) is -0.260. The summed E-state index contributed by atoms with van der Waals surface area (Å²) in [6.45, 7) is 5.49. The van der Waals surface area contributed by atoms with Crippen LogP contribution in [0.15, 0.2) is 35.5 Å². The zero-order chi connectivity index (χ0) is 12.1. The summed E-state index contributed by atoms with van der Waals surface area (Å²) in [5.41, 5.74) is 8.95. The van der Waals surface area contributed by atoms with Gasteiger partial charge in [0.1, 0.15) is 5.82 Å². The molecule has 86 valence electrons. The van der Waals surface area contributed by atoms with E-state index in [-0.39, 0.29) is 5.82 Å². The highest BCUT2D eigenvalue weighted by molar-refractivity contribution is 5.95. The van der Waals surface area contributed by atoms with Crippen molar-refractivity contribution in [3.8, 4) is 0 Å². The van der Waals surface area contributed by atoms with Crippen molar-refractivity contribution in [2.24, 2.45) is 0 Å². The fourth-order valence-electron chi connectivity index (χ4n) is 1.07. The molecule has 0 aliphatic rings. The van der Waals surface area contributed by atoms with E-state index in [0.29, 0.717) is 5.71 Å². The lowest BCUT2D eigenvalue weighted by Crippen LogP contribution is -2.21. The highest BCUT2D eigenvalue weighted by Crippen LogP contribution is 2.08. The Morgan fingerprint density at radius 2 is 1.69 bits per heavy atom. The molecule has 1 rings (SSSR count). The monoisotopic (exact) mass is 221 g/mol. The van der Waals surface area contributed by atoms with Gasteiger partial charge in [0.15, 0.2) is 0 Å². The quantitative estimate of drug-likeness (QED) is 0.540. The Labute approximate surface area is 94.9 Å². The minimum absolute atomic E-state index is 0.260. The minimum Gasteiger partial charge on any atom is -0.305 e. The molecule has 0 atom stereocenters. The second-order valence-electron chi connectivity index (χ2n) is 3.63. The van der Waals surface area contributed by atoms with Gasteiger partial charge in [-0.3, -0.25) is 0 Å². The second-order valence-corrected chi connectivity index (χ2v) is 3.63. The SMILES string of the molecule is CC(=N)C(C)=C(C)NNc1ccc(F)cc1. The normalized spacial score (nSPS) is 11.8. The first-order valence-corrected chi connectivity index (χ1v) is 5.01. The Morgan fingerprint density at radius 1 is 1.12 bits per heavy atom. The number of benzene rings is 1. The van der Waals surface area contributed by atoms with E-state index < -0.39 is 0 Å². The van der Waals surface area contributed by atoms with Gasteiger partial charge in [-0.2, -0.15) is 0 Å². The van der Waals surface area contributed by atoms with Crippen LogP contribution < -0.4 is 10.9 Å². The van der Waals surface area contributed by atoms with Crippen LogP contribution in [-0.4, -0.2) is 5.71 Å². The minimum atomic E-state index is -0.260. The van der Waals surface area contributed by atoms with Crippen LogP contribution in [0.1, 0.15) is 20.8 Å². The first-order valence-electron chi connectivity index (χ1n) is 5.01. The molecule has 0 heterocycles. The van der Waals surface area contributed by atoms with Gasteiger partial charge in [-0.05, 0) is 50.6 Å². The standard InChI is InChI=1S/C12H16FN3/c1-8(9(2)14)10(3)15-16-12-6-4-11(13)5-7-12/h4-7,14-16H,1-3H3. The topological polar surface area (TPSA) is 47.9 Å². The molecule has 3 N–H and O–H groups in total. The molecule has 1 aromatic rings. The molecule has 0 spiro atoms. The molecule has 0 aliphatic heterocycles. The molecule has 1 aromatic carbocycles. The van der Waals surface area contributed by atoms with Crippen LogP contribution in [0.4, 0.5) is 10.1 Å². The summed E-state index contributed by atoms with van der Waals surface area (Å²) < 4.78 is 12.6. The summed E-state index contributed by atoms with van der Waals surface area (Å²) >= 11 is 0. The third kappa shape index (κ3) is 3.38. The Balaban J connectivity index is 2.61. The highest BCUT2D eigenvalue weighted by Gasteiger charge is 1.98. The number of halogens is 1. The number of hydrazine groups is 1. The molecule has 3 nitrogen and oxygen atoms in total. The zero-order valence-electron chi connectivity index (χ0n) is 9.69. The lowest BCUT2D eigenvalue weighted by molar-refractivity contribution is 0.628. The van der Waals surface area contributed by atoms with E-state index in [1.807, 2.05) is 13.8 Å². The number of anilines is 1. The third-order valence-electron chi connectivity index (χ3n) is 2.36. The number of hydrogen-bond donors (Lipinski definition) is 3. The largest absolute Gasteiger partial charge is 0.305 e. The maximum absolute atomic E-state index is 12.6. The molecule has 16 heavy (non-hydrogen) atoms. The van der Waals surface area contributed by atoms with Crippen LogP contribution >= 0.6 is 0 Å². The first-order chi connectivity index (χ1) is 7.50. The summed E-state index contributed by atoms with van der Waals surface area (Å²) in [7, 11) is 0. The molecule has 0 aromatic heterocycles. The van der Waals surface area contributed by atoms with Crippen molar-refractivity contribution in [2.75, 3.05) is 5.43 Å². The van der Waals surface area contributed by atoms with E-state index in [1.54, 1.807) is 19.1 Å². The van der Waals surface area contributed by atoms with Gasteiger partial charge < -0.3 is 16.3 Å². The van der Waals surface area contributed by atoms with E-state index in [0.717, 1.165) is 17.0 Å². The van der Waals surface area contributed by atoms with Crippen LogP contribution in [0.5, 0.6) is 0 Å². The van der Waals surface area contributed by atoms with E-state index in [9.17, 15) is 4.39 Å². The van der Waals surface area contributed by atoms with Crippen molar-refractivity contribution < 1.29 is 4.39 Å². The Morgan fingerprint density at radius 3 is 2.19 bits per heavy atom. The molecule has 0 amide bonds. The van der Waals surface area contributed by atoms with E-state index in [1.165, 1.54) is 12.1 Å². The predicted molar refractivity (Wildman–Crippen MR) is 64.9 cm³/mol. The smallest absolute Gasteiger partial charge is 0.123 e. The van der Waals surface area contributed by atoms with Crippen molar-refractivity contribution in [1.29, 1.82) is 5.41 Å². The van der Waals surface area contributed by atoms with Crippen LogP contribution in [0, 0.1) is 11.2 Å². The molecule has 0 saturated carbocycles. The number of hydrogen-bond acceptors (Lipinski definition) is 3. The molecule has 0 radical (unpaired) electrons. The van der Waals surface area contributed by atoms with Crippen molar-refractivity contribution in [3.63, 3.8) is 0 Å².